The number of rotatable bonds is 9. The Morgan fingerprint density at radius 1 is 0.967 bits per heavy atom. The van der Waals surface area contributed by atoms with Crippen LogP contribution in [0.3, 0.4) is 0 Å². The highest BCUT2D eigenvalue weighted by molar-refractivity contribution is 5.54. The molecule has 0 aliphatic heterocycles. The monoisotopic (exact) mass is 402 g/mol. The molecule has 4 rings (SSSR count). The van der Waals surface area contributed by atoms with Gasteiger partial charge in [-0.25, -0.2) is 9.50 Å². The summed E-state index contributed by atoms with van der Waals surface area (Å²) in [5, 5.41) is 4.39. The molecule has 2 aromatic carbocycles. The molecule has 0 aliphatic rings. The highest BCUT2D eigenvalue weighted by Gasteiger charge is 2.11. The van der Waals surface area contributed by atoms with Crippen LogP contribution >= 0.6 is 0 Å². The van der Waals surface area contributed by atoms with Gasteiger partial charge in [-0.05, 0) is 44.2 Å². The van der Waals surface area contributed by atoms with Crippen molar-refractivity contribution in [2.75, 3.05) is 24.7 Å². The first-order valence-electron chi connectivity index (χ1n) is 10.2. The fourth-order valence-corrected chi connectivity index (χ4v) is 3.30. The summed E-state index contributed by atoms with van der Waals surface area (Å²) in [7, 11) is 0. The molecule has 30 heavy (non-hydrogen) atoms. The molecule has 0 saturated heterocycles. The molecule has 0 atom stereocenters. The SMILES string of the molecule is CCN(Cc1cnn2cccnc12)c1cccc(OCCOc2ccc(C)cc2)c1. The van der Waals surface area contributed by atoms with Gasteiger partial charge in [-0.3, -0.25) is 0 Å². The van der Waals surface area contributed by atoms with Gasteiger partial charge in [0.2, 0.25) is 0 Å². The van der Waals surface area contributed by atoms with Gasteiger partial charge in [0.15, 0.2) is 5.65 Å². The van der Waals surface area contributed by atoms with Gasteiger partial charge in [0, 0.05) is 42.8 Å². The number of hydrogen-bond donors (Lipinski definition) is 0. The summed E-state index contributed by atoms with van der Waals surface area (Å²) in [4.78, 5) is 6.73. The first kappa shape index (κ1) is 19.8. The number of benzene rings is 2. The predicted octanol–water partition coefficient (Wildman–Crippen LogP) is 4.52. The minimum absolute atomic E-state index is 0.488. The summed E-state index contributed by atoms with van der Waals surface area (Å²) >= 11 is 0. The first-order valence-corrected chi connectivity index (χ1v) is 10.2. The Labute approximate surface area is 176 Å². The van der Waals surface area contributed by atoms with Crippen LogP contribution in [0.15, 0.2) is 73.2 Å². The molecule has 0 bridgehead atoms. The molecular weight excluding hydrogens is 376 g/mol. The van der Waals surface area contributed by atoms with Gasteiger partial charge in [0.05, 0.1) is 6.20 Å². The first-order chi connectivity index (χ1) is 14.7. The molecule has 0 amide bonds. The Bertz CT molecular complexity index is 1090. The van der Waals surface area contributed by atoms with E-state index in [9.17, 15) is 0 Å². The van der Waals surface area contributed by atoms with Crippen LogP contribution in [0.4, 0.5) is 5.69 Å². The number of anilines is 1. The van der Waals surface area contributed by atoms with Crippen LogP contribution < -0.4 is 14.4 Å². The fourth-order valence-electron chi connectivity index (χ4n) is 3.30. The lowest BCUT2D eigenvalue weighted by molar-refractivity contribution is 0.217. The van der Waals surface area contributed by atoms with E-state index in [1.807, 2.05) is 54.9 Å². The van der Waals surface area contributed by atoms with Crippen LogP contribution in [0.25, 0.3) is 5.65 Å². The molecule has 0 radical (unpaired) electrons. The Balaban J connectivity index is 1.37. The van der Waals surface area contributed by atoms with Gasteiger partial charge < -0.3 is 14.4 Å². The van der Waals surface area contributed by atoms with Crippen LogP contribution in [0.5, 0.6) is 11.5 Å². The molecule has 2 aromatic heterocycles. The van der Waals surface area contributed by atoms with E-state index in [2.05, 4.69) is 41.0 Å². The minimum Gasteiger partial charge on any atom is -0.490 e. The van der Waals surface area contributed by atoms with E-state index in [0.29, 0.717) is 13.2 Å². The zero-order valence-corrected chi connectivity index (χ0v) is 17.4. The number of nitrogens with zero attached hydrogens (tertiary/aromatic N) is 4. The van der Waals surface area contributed by atoms with Crippen molar-refractivity contribution in [2.45, 2.75) is 20.4 Å². The van der Waals surface area contributed by atoms with E-state index >= 15 is 0 Å². The molecule has 2 heterocycles. The molecule has 0 spiro atoms. The third-order valence-corrected chi connectivity index (χ3v) is 4.92. The highest BCUT2D eigenvalue weighted by atomic mass is 16.5. The minimum atomic E-state index is 0.488. The molecule has 0 aliphatic carbocycles. The van der Waals surface area contributed by atoms with Gasteiger partial charge >= 0.3 is 0 Å². The van der Waals surface area contributed by atoms with Gasteiger partial charge in [0.25, 0.3) is 0 Å². The van der Waals surface area contributed by atoms with E-state index < -0.39 is 0 Å². The number of ether oxygens (including phenoxy) is 2. The second-order valence-corrected chi connectivity index (χ2v) is 7.08. The Morgan fingerprint density at radius 3 is 2.57 bits per heavy atom. The van der Waals surface area contributed by atoms with Crippen molar-refractivity contribution in [1.82, 2.24) is 14.6 Å². The lowest BCUT2D eigenvalue weighted by Gasteiger charge is -2.23. The molecule has 4 aromatic rings. The second kappa shape index (κ2) is 9.31. The van der Waals surface area contributed by atoms with Crippen LogP contribution in [-0.2, 0) is 6.54 Å². The summed E-state index contributed by atoms with van der Waals surface area (Å²) in [5.74, 6) is 1.69. The summed E-state index contributed by atoms with van der Waals surface area (Å²) in [6.07, 6.45) is 5.59. The average molecular weight is 402 g/mol. The molecule has 6 nitrogen and oxygen atoms in total. The van der Waals surface area contributed by atoms with Crippen LogP contribution in [-0.4, -0.2) is 34.4 Å². The Morgan fingerprint density at radius 2 is 1.77 bits per heavy atom. The largest absolute Gasteiger partial charge is 0.490 e. The van der Waals surface area contributed by atoms with Crippen molar-refractivity contribution in [3.8, 4) is 11.5 Å². The van der Waals surface area contributed by atoms with Crippen molar-refractivity contribution in [1.29, 1.82) is 0 Å². The highest BCUT2D eigenvalue weighted by Crippen LogP contribution is 2.23. The molecule has 0 unspecified atom stereocenters. The zero-order valence-electron chi connectivity index (χ0n) is 17.4. The normalized spacial score (nSPS) is 10.9. The maximum Gasteiger partial charge on any atom is 0.159 e. The number of fused-ring (bicyclic) bond motifs is 1. The van der Waals surface area contributed by atoms with E-state index in [1.54, 1.807) is 10.7 Å². The van der Waals surface area contributed by atoms with Gasteiger partial charge in [-0.2, -0.15) is 5.10 Å². The lowest BCUT2D eigenvalue weighted by atomic mass is 10.2. The average Bonchev–Trinajstić information content (AvgIpc) is 3.19. The summed E-state index contributed by atoms with van der Waals surface area (Å²) < 4.78 is 13.5. The maximum atomic E-state index is 5.91. The standard InChI is InChI=1S/C24H26N4O2/c1-3-27(18-20-17-26-28-13-5-12-25-24(20)28)21-6-4-7-23(16-21)30-15-14-29-22-10-8-19(2)9-11-22/h4-13,16-17H,3,14-15,18H2,1-2H3. The van der Waals surface area contributed by atoms with Crippen molar-refractivity contribution in [2.24, 2.45) is 0 Å². The smallest absolute Gasteiger partial charge is 0.159 e. The topological polar surface area (TPSA) is 51.9 Å². The van der Waals surface area contributed by atoms with Crippen LogP contribution in [0, 0.1) is 6.92 Å². The van der Waals surface area contributed by atoms with E-state index in [-0.39, 0.29) is 0 Å². The number of aryl methyl sites for hydroxylation is 1. The van der Waals surface area contributed by atoms with E-state index in [1.165, 1.54) is 5.56 Å². The lowest BCUT2D eigenvalue weighted by Crippen LogP contribution is -2.22. The third kappa shape index (κ3) is 4.71. The van der Waals surface area contributed by atoms with E-state index in [4.69, 9.17) is 9.47 Å². The number of aromatic nitrogens is 3. The molecule has 0 N–H and O–H groups in total. The molecule has 154 valence electrons. The van der Waals surface area contributed by atoms with Gasteiger partial charge in [0.1, 0.15) is 24.7 Å². The molecule has 0 saturated carbocycles. The second-order valence-electron chi connectivity index (χ2n) is 7.08. The fraction of sp³-hybridized carbons (Fsp3) is 0.250. The van der Waals surface area contributed by atoms with Gasteiger partial charge in [-0.1, -0.05) is 23.8 Å². The third-order valence-electron chi connectivity index (χ3n) is 4.92. The Hall–Kier alpha value is -3.54. The van der Waals surface area contributed by atoms with Crippen molar-refractivity contribution >= 4 is 11.3 Å². The van der Waals surface area contributed by atoms with Crippen molar-refractivity contribution < 1.29 is 9.47 Å². The van der Waals surface area contributed by atoms with Crippen LogP contribution in [0.1, 0.15) is 18.1 Å². The van der Waals surface area contributed by atoms with E-state index in [0.717, 1.165) is 41.5 Å². The molecular formula is C24H26N4O2. The molecule has 0 fully saturated rings. The molecule has 6 heteroatoms. The van der Waals surface area contributed by atoms with Gasteiger partial charge in [-0.15, -0.1) is 0 Å². The number of hydrogen-bond acceptors (Lipinski definition) is 5. The predicted molar refractivity (Wildman–Crippen MR) is 118 cm³/mol. The summed E-state index contributed by atoms with van der Waals surface area (Å²) in [6.45, 7) is 6.79. The summed E-state index contributed by atoms with van der Waals surface area (Å²) in [5.41, 5.74) is 4.30. The van der Waals surface area contributed by atoms with Crippen LogP contribution in [0.2, 0.25) is 0 Å². The summed E-state index contributed by atoms with van der Waals surface area (Å²) in [6, 6.07) is 18.1. The van der Waals surface area contributed by atoms with Crippen molar-refractivity contribution in [3.63, 3.8) is 0 Å². The van der Waals surface area contributed by atoms with Crippen molar-refractivity contribution in [3.05, 3.63) is 84.3 Å². The zero-order chi connectivity index (χ0) is 20.8. The quantitative estimate of drug-likeness (QED) is 0.385. The Kier molecular flexibility index (Phi) is 6.13. The maximum absolute atomic E-state index is 5.91.